The SMILES string of the molecule is CCCNC(=O)CN(CCC)C(=O)C1CCC(C(=O)O)CC1. The number of nitrogens with one attached hydrogen (secondary N) is 1. The lowest BCUT2D eigenvalue weighted by atomic mass is 9.81. The molecule has 0 unspecified atom stereocenters. The molecule has 1 rings (SSSR count). The highest BCUT2D eigenvalue weighted by molar-refractivity contribution is 5.86. The van der Waals surface area contributed by atoms with E-state index in [1.807, 2.05) is 13.8 Å². The predicted octanol–water partition coefficient (Wildman–Crippen LogP) is 1.64. The summed E-state index contributed by atoms with van der Waals surface area (Å²) in [5.41, 5.74) is 0. The molecular weight excluding hydrogens is 284 g/mol. The lowest BCUT2D eigenvalue weighted by Crippen LogP contribution is -2.44. The molecule has 6 heteroatoms. The minimum absolute atomic E-state index is 0.00247. The maximum atomic E-state index is 12.6. The van der Waals surface area contributed by atoms with Crippen molar-refractivity contribution >= 4 is 17.8 Å². The van der Waals surface area contributed by atoms with Crippen molar-refractivity contribution in [2.45, 2.75) is 52.4 Å². The number of aliphatic carboxylic acids is 1. The summed E-state index contributed by atoms with van der Waals surface area (Å²) in [5.74, 6) is -1.35. The van der Waals surface area contributed by atoms with Crippen LogP contribution in [0, 0.1) is 11.8 Å². The van der Waals surface area contributed by atoms with Gasteiger partial charge in [-0.15, -0.1) is 0 Å². The minimum Gasteiger partial charge on any atom is -0.481 e. The quantitative estimate of drug-likeness (QED) is 0.713. The zero-order chi connectivity index (χ0) is 16.5. The summed E-state index contributed by atoms with van der Waals surface area (Å²) in [6, 6.07) is 0. The summed E-state index contributed by atoms with van der Waals surface area (Å²) < 4.78 is 0. The van der Waals surface area contributed by atoms with Gasteiger partial charge in [-0.05, 0) is 38.5 Å². The number of carbonyl (C=O) groups excluding carboxylic acids is 2. The van der Waals surface area contributed by atoms with Gasteiger partial charge in [-0.2, -0.15) is 0 Å². The van der Waals surface area contributed by atoms with E-state index in [9.17, 15) is 14.4 Å². The molecule has 1 aliphatic carbocycles. The topological polar surface area (TPSA) is 86.7 Å². The molecule has 6 nitrogen and oxygen atoms in total. The molecule has 0 aromatic heterocycles. The van der Waals surface area contributed by atoms with Crippen molar-refractivity contribution in [3.05, 3.63) is 0 Å². The van der Waals surface area contributed by atoms with Gasteiger partial charge < -0.3 is 15.3 Å². The maximum absolute atomic E-state index is 12.6. The van der Waals surface area contributed by atoms with Gasteiger partial charge >= 0.3 is 5.97 Å². The number of carbonyl (C=O) groups is 3. The number of nitrogens with zero attached hydrogens (tertiary/aromatic N) is 1. The summed E-state index contributed by atoms with van der Waals surface area (Å²) in [5, 5.41) is 11.8. The molecule has 126 valence electrons. The number of hydrogen-bond acceptors (Lipinski definition) is 3. The predicted molar refractivity (Wildman–Crippen MR) is 83.3 cm³/mol. The maximum Gasteiger partial charge on any atom is 0.306 e. The van der Waals surface area contributed by atoms with Crippen LogP contribution in [-0.4, -0.2) is 47.4 Å². The Balaban J connectivity index is 2.54. The zero-order valence-electron chi connectivity index (χ0n) is 13.6. The van der Waals surface area contributed by atoms with E-state index in [0.29, 0.717) is 38.8 Å². The molecule has 0 saturated heterocycles. The number of carboxylic acids is 1. The molecule has 0 aromatic rings. The van der Waals surface area contributed by atoms with Crippen LogP contribution in [0.15, 0.2) is 0 Å². The van der Waals surface area contributed by atoms with E-state index < -0.39 is 5.97 Å². The molecule has 0 bridgehead atoms. The van der Waals surface area contributed by atoms with Crippen LogP contribution in [-0.2, 0) is 14.4 Å². The molecule has 0 aromatic carbocycles. The van der Waals surface area contributed by atoms with Crippen LogP contribution >= 0.6 is 0 Å². The van der Waals surface area contributed by atoms with Crippen LogP contribution in [0.2, 0.25) is 0 Å². The van der Waals surface area contributed by atoms with Crippen LogP contribution < -0.4 is 5.32 Å². The third-order valence-electron chi connectivity index (χ3n) is 4.14. The summed E-state index contributed by atoms with van der Waals surface area (Å²) in [6.07, 6.45) is 3.98. The molecule has 1 fully saturated rings. The lowest BCUT2D eigenvalue weighted by molar-refractivity contribution is -0.146. The molecule has 1 aliphatic rings. The molecular formula is C16H28N2O4. The molecule has 0 aliphatic heterocycles. The normalized spacial score (nSPS) is 21.2. The number of carboxylic acid groups (broad SMARTS) is 1. The van der Waals surface area contributed by atoms with E-state index in [-0.39, 0.29) is 30.2 Å². The summed E-state index contributed by atoms with van der Waals surface area (Å²) in [7, 11) is 0. The van der Waals surface area contributed by atoms with Gasteiger partial charge in [0, 0.05) is 19.0 Å². The lowest BCUT2D eigenvalue weighted by Gasteiger charge is -2.30. The van der Waals surface area contributed by atoms with E-state index in [0.717, 1.165) is 12.8 Å². The fraction of sp³-hybridized carbons (Fsp3) is 0.812. The van der Waals surface area contributed by atoms with Crippen LogP contribution in [0.5, 0.6) is 0 Å². The molecule has 22 heavy (non-hydrogen) atoms. The van der Waals surface area contributed by atoms with Crippen LogP contribution in [0.3, 0.4) is 0 Å². The molecule has 0 heterocycles. The Morgan fingerprint density at radius 3 is 2.14 bits per heavy atom. The number of amides is 2. The van der Waals surface area contributed by atoms with Gasteiger partial charge in [0.25, 0.3) is 0 Å². The van der Waals surface area contributed by atoms with Crippen LogP contribution in [0.1, 0.15) is 52.4 Å². The Labute approximate surface area is 132 Å². The van der Waals surface area contributed by atoms with Crippen molar-refractivity contribution in [2.24, 2.45) is 11.8 Å². The second kappa shape index (κ2) is 9.43. The van der Waals surface area contributed by atoms with Gasteiger partial charge in [0.15, 0.2) is 0 Å². The van der Waals surface area contributed by atoms with Gasteiger partial charge in [-0.1, -0.05) is 13.8 Å². The van der Waals surface area contributed by atoms with Crippen molar-refractivity contribution in [2.75, 3.05) is 19.6 Å². The van der Waals surface area contributed by atoms with E-state index >= 15 is 0 Å². The molecule has 0 atom stereocenters. The molecule has 0 radical (unpaired) electrons. The van der Waals surface area contributed by atoms with Crippen molar-refractivity contribution in [1.29, 1.82) is 0 Å². The van der Waals surface area contributed by atoms with Crippen molar-refractivity contribution in [3.8, 4) is 0 Å². The highest BCUT2D eigenvalue weighted by Gasteiger charge is 2.32. The zero-order valence-corrected chi connectivity index (χ0v) is 13.6. The van der Waals surface area contributed by atoms with E-state index in [1.54, 1.807) is 4.90 Å². The first-order chi connectivity index (χ1) is 10.5. The fourth-order valence-corrected chi connectivity index (χ4v) is 2.88. The average molecular weight is 312 g/mol. The Morgan fingerprint density at radius 1 is 1.05 bits per heavy atom. The highest BCUT2D eigenvalue weighted by atomic mass is 16.4. The Kier molecular flexibility index (Phi) is 7.91. The molecule has 1 saturated carbocycles. The first-order valence-corrected chi connectivity index (χ1v) is 8.27. The third kappa shape index (κ3) is 5.66. The highest BCUT2D eigenvalue weighted by Crippen LogP contribution is 2.30. The van der Waals surface area contributed by atoms with E-state index in [4.69, 9.17) is 5.11 Å². The fourth-order valence-electron chi connectivity index (χ4n) is 2.88. The summed E-state index contributed by atoms with van der Waals surface area (Å²) in [4.78, 5) is 37.0. The summed E-state index contributed by atoms with van der Waals surface area (Å²) in [6.45, 7) is 5.25. The molecule has 2 amide bonds. The standard InChI is InChI=1S/C16H28N2O4/c1-3-9-17-14(19)11-18(10-4-2)15(20)12-5-7-13(8-6-12)16(21)22/h12-13H,3-11H2,1-2H3,(H,17,19)(H,21,22). The third-order valence-corrected chi connectivity index (χ3v) is 4.14. The van der Waals surface area contributed by atoms with E-state index in [2.05, 4.69) is 5.32 Å². The Morgan fingerprint density at radius 2 is 1.64 bits per heavy atom. The molecule has 0 spiro atoms. The van der Waals surface area contributed by atoms with Crippen molar-refractivity contribution in [1.82, 2.24) is 10.2 Å². The largest absolute Gasteiger partial charge is 0.481 e. The second-order valence-electron chi connectivity index (χ2n) is 6.00. The van der Waals surface area contributed by atoms with Crippen LogP contribution in [0.4, 0.5) is 0 Å². The van der Waals surface area contributed by atoms with Gasteiger partial charge in [0.2, 0.25) is 11.8 Å². The summed E-state index contributed by atoms with van der Waals surface area (Å²) >= 11 is 0. The smallest absolute Gasteiger partial charge is 0.306 e. The van der Waals surface area contributed by atoms with Crippen LogP contribution in [0.25, 0.3) is 0 Å². The van der Waals surface area contributed by atoms with Crippen molar-refractivity contribution < 1.29 is 19.5 Å². The first-order valence-electron chi connectivity index (χ1n) is 8.27. The van der Waals surface area contributed by atoms with Crippen molar-refractivity contribution in [3.63, 3.8) is 0 Å². The monoisotopic (exact) mass is 312 g/mol. The molecule has 2 N–H and O–H groups in total. The first kappa shape index (κ1) is 18.5. The number of hydrogen-bond donors (Lipinski definition) is 2. The Bertz CT molecular complexity index is 390. The van der Waals surface area contributed by atoms with Gasteiger partial charge in [0.05, 0.1) is 12.5 Å². The van der Waals surface area contributed by atoms with Gasteiger partial charge in [-0.3, -0.25) is 14.4 Å². The Hall–Kier alpha value is -1.59. The average Bonchev–Trinajstić information content (AvgIpc) is 2.52. The van der Waals surface area contributed by atoms with E-state index in [1.165, 1.54) is 0 Å². The minimum atomic E-state index is -0.768. The number of rotatable bonds is 8. The van der Waals surface area contributed by atoms with Gasteiger partial charge in [0.1, 0.15) is 0 Å². The van der Waals surface area contributed by atoms with Gasteiger partial charge in [-0.25, -0.2) is 0 Å². The second-order valence-corrected chi connectivity index (χ2v) is 6.00.